The Morgan fingerprint density at radius 1 is 1.38 bits per heavy atom. The van der Waals surface area contributed by atoms with Gasteiger partial charge in [-0.3, -0.25) is 0 Å². The summed E-state index contributed by atoms with van der Waals surface area (Å²) in [5.41, 5.74) is 5.68. The Hall–Kier alpha value is -0.170. The highest BCUT2D eigenvalue weighted by molar-refractivity contribution is 7.90. The van der Waals surface area contributed by atoms with Crippen LogP contribution < -0.4 is 10.5 Å². The molecule has 1 saturated carbocycles. The fourth-order valence-corrected chi connectivity index (χ4v) is 3.60. The van der Waals surface area contributed by atoms with Crippen LogP contribution in [0.25, 0.3) is 0 Å². The topological polar surface area (TPSA) is 81.4 Å². The predicted octanol–water partition coefficient (Wildman–Crippen LogP) is -0.0338. The highest BCUT2D eigenvalue weighted by Crippen LogP contribution is 2.28. The number of nitrogens with one attached hydrogen (secondary N) is 1. The van der Waals surface area contributed by atoms with Crippen LogP contribution in [0.4, 0.5) is 0 Å². The molecule has 6 heteroatoms. The molecule has 1 aliphatic heterocycles. The molecular weight excluding hydrogens is 228 g/mol. The molecule has 1 aliphatic carbocycles. The third kappa shape index (κ3) is 2.74. The molecule has 3 N–H and O–H groups in total. The molecule has 0 spiro atoms. The average molecular weight is 248 g/mol. The van der Waals surface area contributed by atoms with Gasteiger partial charge in [0.15, 0.2) is 0 Å². The highest BCUT2D eigenvalue weighted by Gasteiger charge is 2.35. The van der Waals surface area contributed by atoms with Crippen molar-refractivity contribution < 1.29 is 13.2 Å². The van der Waals surface area contributed by atoms with Crippen LogP contribution in [0, 0.1) is 0 Å². The normalized spacial score (nSPS) is 29.7. The quantitative estimate of drug-likeness (QED) is 0.732. The van der Waals surface area contributed by atoms with Crippen LogP contribution in [0.3, 0.4) is 0 Å². The van der Waals surface area contributed by atoms with Crippen molar-refractivity contribution in [2.24, 2.45) is 5.73 Å². The maximum Gasteiger partial charge on any atom is 0.216 e. The van der Waals surface area contributed by atoms with Gasteiger partial charge in [-0.2, -0.15) is 0 Å². The van der Waals surface area contributed by atoms with Crippen molar-refractivity contribution in [3.05, 3.63) is 0 Å². The van der Waals surface area contributed by atoms with Gasteiger partial charge in [-0.1, -0.05) is 0 Å². The standard InChI is InChI=1S/C10H20N2O3S/c11-10(4-2-5-10)8-12-16(13,14)9-3-1-6-15-7-9/h9,12H,1-8,11H2. The molecule has 94 valence electrons. The fraction of sp³-hybridized carbons (Fsp3) is 1.00. The zero-order valence-corrected chi connectivity index (χ0v) is 10.3. The third-order valence-electron chi connectivity index (χ3n) is 3.53. The molecule has 2 fully saturated rings. The van der Waals surface area contributed by atoms with E-state index in [4.69, 9.17) is 10.5 Å². The molecule has 2 rings (SSSR count). The first-order valence-electron chi connectivity index (χ1n) is 5.87. The Balaban J connectivity index is 1.86. The lowest BCUT2D eigenvalue weighted by Crippen LogP contribution is -2.56. The second kappa shape index (κ2) is 4.60. The van der Waals surface area contributed by atoms with Crippen molar-refractivity contribution in [2.45, 2.75) is 42.9 Å². The Kier molecular flexibility index (Phi) is 3.53. The Morgan fingerprint density at radius 2 is 2.12 bits per heavy atom. The Bertz CT molecular complexity index is 332. The summed E-state index contributed by atoms with van der Waals surface area (Å²) in [7, 11) is -3.25. The molecule has 0 bridgehead atoms. The van der Waals surface area contributed by atoms with Crippen LogP contribution in [0.2, 0.25) is 0 Å². The lowest BCUT2D eigenvalue weighted by molar-refractivity contribution is 0.0986. The maximum absolute atomic E-state index is 11.9. The number of hydrogen-bond donors (Lipinski definition) is 2. The number of rotatable bonds is 4. The summed E-state index contributed by atoms with van der Waals surface area (Å²) >= 11 is 0. The molecule has 5 nitrogen and oxygen atoms in total. The van der Waals surface area contributed by atoms with Gasteiger partial charge >= 0.3 is 0 Å². The van der Waals surface area contributed by atoms with E-state index in [9.17, 15) is 8.42 Å². The second-order valence-electron chi connectivity index (χ2n) is 4.92. The number of sulfonamides is 1. The second-order valence-corrected chi connectivity index (χ2v) is 6.97. The molecular formula is C10H20N2O3S. The van der Waals surface area contributed by atoms with E-state index in [2.05, 4.69) is 4.72 Å². The first kappa shape index (κ1) is 12.3. The number of ether oxygens (including phenoxy) is 1. The van der Waals surface area contributed by atoms with Gasteiger partial charge in [0.05, 0.1) is 11.9 Å². The first-order chi connectivity index (χ1) is 7.52. The molecule has 0 aromatic heterocycles. The van der Waals surface area contributed by atoms with Gasteiger partial charge < -0.3 is 10.5 Å². The lowest BCUT2D eigenvalue weighted by atomic mass is 9.78. The van der Waals surface area contributed by atoms with E-state index in [0.29, 0.717) is 26.2 Å². The number of hydrogen-bond acceptors (Lipinski definition) is 4. The maximum atomic E-state index is 11.9. The van der Waals surface area contributed by atoms with E-state index >= 15 is 0 Å². The van der Waals surface area contributed by atoms with Crippen molar-refractivity contribution in [3.8, 4) is 0 Å². The monoisotopic (exact) mass is 248 g/mol. The fourth-order valence-electron chi connectivity index (χ4n) is 2.13. The molecule has 0 aromatic rings. The molecule has 16 heavy (non-hydrogen) atoms. The van der Waals surface area contributed by atoms with E-state index in [1.807, 2.05) is 0 Å². The molecule has 1 heterocycles. The summed E-state index contributed by atoms with van der Waals surface area (Å²) in [4.78, 5) is 0. The van der Waals surface area contributed by atoms with Gasteiger partial charge in [-0.25, -0.2) is 13.1 Å². The molecule has 1 atom stereocenters. The van der Waals surface area contributed by atoms with Crippen molar-refractivity contribution >= 4 is 10.0 Å². The number of nitrogens with two attached hydrogens (primary N) is 1. The summed E-state index contributed by atoms with van der Waals surface area (Å²) < 4.78 is 31.7. The highest BCUT2D eigenvalue weighted by atomic mass is 32.2. The van der Waals surface area contributed by atoms with E-state index < -0.39 is 15.3 Å². The molecule has 0 radical (unpaired) electrons. The zero-order chi connectivity index (χ0) is 11.6. The third-order valence-corrected chi connectivity index (χ3v) is 5.33. The summed E-state index contributed by atoms with van der Waals surface area (Å²) in [6, 6.07) is 0. The zero-order valence-electron chi connectivity index (χ0n) is 9.44. The summed E-state index contributed by atoms with van der Waals surface area (Å²) in [5, 5.41) is -0.398. The van der Waals surface area contributed by atoms with E-state index in [-0.39, 0.29) is 5.54 Å². The summed E-state index contributed by atoms with van der Waals surface area (Å²) in [5.74, 6) is 0. The first-order valence-corrected chi connectivity index (χ1v) is 7.42. The van der Waals surface area contributed by atoms with Crippen LogP contribution >= 0.6 is 0 Å². The average Bonchev–Trinajstić information content (AvgIpc) is 2.25. The molecule has 1 unspecified atom stereocenters. The minimum Gasteiger partial charge on any atom is -0.380 e. The van der Waals surface area contributed by atoms with Gasteiger partial charge in [0.1, 0.15) is 0 Å². The van der Waals surface area contributed by atoms with Gasteiger partial charge in [0.2, 0.25) is 10.0 Å². The SMILES string of the molecule is NC1(CNS(=O)(=O)C2CCCOC2)CCC1. The lowest BCUT2D eigenvalue weighted by Gasteiger charge is -2.38. The van der Waals surface area contributed by atoms with Gasteiger partial charge in [-0.15, -0.1) is 0 Å². The van der Waals surface area contributed by atoms with Crippen molar-refractivity contribution in [3.63, 3.8) is 0 Å². The van der Waals surface area contributed by atoms with Crippen LogP contribution in [0.15, 0.2) is 0 Å². The molecule has 1 saturated heterocycles. The Morgan fingerprint density at radius 3 is 2.62 bits per heavy atom. The van der Waals surface area contributed by atoms with Crippen LogP contribution in [0.5, 0.6) is 0 Å². The van der Waals surface area contributed by atoms with Gasteiger partial charge in [0.25, 0.3) is 0 Å². The van der Waals surface area contributed by atoms with E-state index in [0.717, 1.165) is 25.7 Å². The van der Waals surface area contributed by atoms with E-state index in [1.165, 1.54) is 0 Å². The summed E-state index contributed by atoms with van der Waals surface area (Å²) in [6.45, 7) is 1.35. The van der Waals surface area contributed by atoms with Crippen molar-refractivity contribution in [1.82, 2.24) is 4.72 Å². The van der Waals surface area contributed by atoms with Gasteiger partial charge in [0, 0.05) is 18.7 Å². The van der Waals surface area contributed by atoms with Gasteiger partial charge in [-0.05, 0) is 32.1 Å². The van der Waals surface area contributed by atoms with Crippen molar-refractivity contribution in [1.29, 1.82) is 0 Å². The predicted molar refractivity (Wildman–Crippen MR) is 61.5 cm³/mol. The largest absolute Gasteiger partial charge is 0.380 e. The molecule has 0 amide bonds. The Labute approximate surface area is 96.8 Å². The van der Waals surface area contributed by atoms with Crippen LogP contribution in [-0.2, 0) is 14.8 Å². The van der Waals surface area contributed by atoms with Crippen LogP contribution in [0.1, 0.15) is 32.1 Å². The smallest absolute Gasteiger partial charge is 0.216 e. The van der Waals surface area contributed by atoms with Crippen molar-refractivity contribution in [2.75, 3.05) is 19.8 Å². The van der Waals surface area contributed by atoms with E-state index in [1.54, 1.807) is 0 Å². The minimum absolute atomic E-state index is 0.303. The summed E-state index contributed by atoms with van der Waals surface area (Å²) in [6.07, 6.45) is 4.43. The molecule has 2 aliphatic rings. The van der Waals surface area contributed by atoms with Crippen LogP contribution in [-0.4, -0.2) is 39.0 Å². The minimum atomic E-state index is -3.25. The molecule has 0 aromatic carbocycles.